The summed E-state index contributed by atoms with van der Waals surface area (Å²) in [7, 11) is 0. The van der Waals surface area contributed by atoms with Crippen molar-refractivity contribution in [3.8, 4) is 0 Å². The van der Waals surface area contributed by atoms with E-state index in [9.17, 15) is 0 Å². The zero-order valence-corrected chi connectivity index (χ0v) is 10.3. The molecule has 0 amide bonds. The first-order chi connectivity index (χ1) is 8.24. The molecule has 2 aromatic rings. The first-order valence-electron chi connectivity index (χ1n) is 6.50. The van der Waals surface area contributed by atoms with Crippen molar-refractivity contribution in [3.63, 3.8) is 0 Å². The number of hydrogen-bond acceptors (Lipinski definition) is 1. The smallest absolute Gasteiger partial charge is 0.0108 e. The van der Waals surface area contributed by atoms with Gasteiger partial charge in [-0.3, -0.25) is 0 Å². The van der Waals surface area contributed by atoms with Gasteiger partial charge in [-0.05, 0) is 42.0 Å². The average molecular weight is 225 g/mol. The van der Waals surface area contributed by atoms with Gasteiger partial charge in [0, 0.05) is 6.04 Å². The highest BCUT2D eigenvalue weighted by Crippen LogP contribution is 2.34. The number of hydrogen-bond donors (Lipinski definition) is 1. The van der Waals surface area contributed by atoms with Crippen LogP contribution in [0.15, 0.2) is 36.4 Å². The number of rotatable bonds is 1. The summed E-state index contributed by atoms with van der Waals surface area (Å²) in [5.74, 6) is 0.570. The Hall–Kier alpha value is -1.34. The molecule has 1 aliphatic rings. The summed E-state index contributed by atoms with van der Waals surface area (Å²) in [4.78, 5) is 0. The van der Waals surface area contributed by atoms with E-state index in [0.29, 0.717) is 12.0 Å². The lowest BCUT2D eigenvalue weighted by atomic mass is 9.92. The molecule has 2 unspecified atom stereocenters. The topological polar surface area (TPSA) is 26.0 Å². The van der Waals surface area contributed by atoms with Crippen LogP contribution in [0.1, 0.15) is 36.3 Å². The Morgan fingerprint density at radius 2 is 1.76 bits per heavy atom. The monoisotopic (exact) mass is 225 g/mol. The van der Waals surface area contributed by atoms with E-state index in [4.69, 9.17) is 5.73 Å². The maximum Gasteiger partial charge on any atom is 0.0108 e. The number of nitrogens with two attached hydrogens (primary N) is 1. The van der Waals surface area contributed by atoms with Crippen molar-refractivity contribution < 1.29 is 0 Å². The zero-order chi connectivity index (χ0) is 11.8. The maximum atomic E-state index is 6.18. The highest BCUT2D eigenvalue weighted by Gasteiger charge is 2.25. The molecule has 0 bridgehead atoms. The summed E-state index contributed by atoms with van der Waals surface area (Å²) < 4.78 is 0. The number of benzene rings is 2. The second kappa shape index (κ2) is 4.15. The highest BCUT2D eigenvalue weighted by atomic mass is 14.7. The molecule has 17 heavy (non-hydrogen) atoms. The summed E-state index contributed by atoms with van der Waals surface area (Å²) >= 11 is 0. The van der Waals surface area contributed by atoms with Crippen LogP contribution in [-0.2, 0) is 0 Å². The molecule has 0 saturated heterocycles. The van der Waals surface area contributed by atoms with Crippen molar-refractivity contribution in [2.45, 2.75) is 38.1 Å². The Balaban J connectivity index is 2.04. The minimum absolute atomic E-state index is 0.359. The Morgan fingerprint density at radius 3 is 2.53 bits per heavy atom. The molecular formula is C16H19N. The van der Waals surface area contributed by atoms with Crippen molar-refractivity contribution in [2.24, 2.45) is 5.73 Å². The first kappa shape index (κ1) is 10.8. The van der Waals surface area contributed by atoms with Crippen LogP contribution in [0.4, 0.5) is 0 Å². The SMILES string of the molecule is Cc1ccc2cc(C3CCCC3N)ccc2c1. The molecule has 1 saturated carbocycles. The molecule has 1 aliphatic carbocycles. The highest BCUT2D eigenvalue weighted by molar-refractivity contribution is 5.83. The van der Waals surface area contributed by atoms with E-state index in [0.717, 1.165) is 0 Å². The molecule has 2 aromatic carbocycles. The molecule has 0 aromatic heterocycles. The quantitative estimate of drug-likeness (QED) is 0.786. The van der Waals surface area contributed by atoms with Crippen LogP contribution in [0.3, 0.4) is 0 Å². The minimum Gasteiger partial charge on any atom is -0.327 e. The Labute approximate surface area is 103 Å². The Morgan fingerprint density at radius 1 is 1.00 bits per heavy atom. The van der Waals surface area contributed by atoms with Gasteiger partial charge in [-0.2, -0.15) is 0 Å². The van der Waals surface area contributed by atoms with Crippen LogP contribution >= 0.6 is 0 Å². The third-order valence-electron chi connectivity index (χ3n) is 4.02. The molecular weight excluding hydrogens is 206 g/mol. The Kier molecular flexibility index (Phi) is 2.64. The summed E-state index contributed by atoms with van der Waals surface area (Å²) in [6, 6.07) is 13.8. The molecule has 1 heteroatoms. The van der Waals surface area contributed by atoms with E-state index in [1.165, 1.54) is 41.2 Å². The van der Waals surface area contributed by atoms with Crippen molar-refractivity contribution >= 4 is 10.8 Å². The second-order valence-electron chi connectivity index (χ2n) is 5.31. The van der Waals surface area contributed by atoms with E-state index >= 15 is 0 Å². The lowest BCUT2D eigenvalue weighted by Crippen LogP contribution is -2.22. The predicted octanol–water partition coefficient (Wildman–Crippen LogP) is 3.74. The molecule has 2 atom stereocenters. The summed E-state index contributed by atoms with van der Waals surface area (Å²) in [6.07, 6.45) is 3.70. The summed E-state index contributed by atoms with van der Waals surface area (Å²) in [5.41, 5.74) is 8.92. The van der Waals surface area contributed by atoms with E-state index in [-0.39, 0.29) is 0 Å². The predicted molar refractivity (Wildman–Crippen MR) is 73.3 cm³/mol. The van der Waals surface area contributed by atoms with Gasteiger partial charge in [0.15, 0.2) is 0 Å². The van der Waals surface area contributed by atoms with Gasteiger partial charge < -0.3 is 5.73 Å². The van der Waals surface area contributed by atoms with Crippen molar-refractivity contribution in [1.29, 1.82) is 0 Å². The third-order valence-corrected chi connectivity index (χ3v) is 4.02. The van der Waals surface area contributed by atoms with Gasteiger partial charge in [-0.1, -0.05) is 48.4 Å². The standard InChI is InChI=1S/C16H19N/c1-11-5-6-13-10-14(8-7-12(13)9-11)15-3-2-4-16(15)17/h5-10,15-16H,2-4,17H2,1H3. The fraction of sp³-hybridized carbons (Fsp3) is 0.375. The molecule has 0 heterocycles. The lowest BCUT2D eigenvalue weighted by Gasteiger charge is -2.16. The van der Waals surface area contributed by atoms with E-state index in [2.05, 4.69) is 43.3 Å². The summed E-state index contributed by atoms with van der Waals surface area (Å²) in [5, 5.41) is 2.67. The first-order valence-corrected chi connectivity index (χ1v) is 6.50. The van der Waals surface area contributed by atoms with Crippen LogP contribution < -0.4 is 5.73 Å². The van der Waals surface area contributed by atoms with E-state index in [1.807, 2.05) is 0 Å². The fourth-order valence-electron chi connectivity index (χ4n) is 3.02. The molecule has 0 aliphatic heterocycles. The molecule has 1 nitrogen and oxygen atoms in total. The van der Waals surface area contributed by atoms with Crippen molar-refractivity contribution in [3.05, 3.63) is 47.5 Å². The van der Waals surface area contributed by atoms with Gasteiger partial charge in [0.05, 0.1) is 0 Å². The van der Waals surface area contributed by atoms with Crippen LogP contribution in [0.2, 0.25) is 0 Å². The molecule has 3 rings (SSSR count). The fourth-order valence-corrected chi connectivity index (χ4v) is 3.02. The Bertz CT molecular complexity index is 544. The van der Waals surface area contributed by atoms with Crippen LogP contribution in [0.5, 0.6) is 0 Å². The van der Waals surface area contributed by atoms with Gasteiger partial charge in [-0.25, -0.2) is 0 Å². The minimum atomic E-state index is 0.359. The van der Waals surface area contributed by atoms with Gasteiger partial charge >= 0.3 is 0 Å². The van der Waals surface area contributed by atoms with Gasteiger partial charge in [0.1, 0.15) is 0 Å². The normalized spacial score (nSPS) is 24.4. The molecule has 2 N–H and O–H groups in total. The third kappa shape index (κ3) is 1.96. The molecule has 0 radical (unpaired) electrons. The van der Waals surface area contributed by atoms with Crippen LogP contribution in [0.25, 0.3) is 10.8 Å². The zero-order valence-electron chi connectivity index (χ0n) is 10.3. The number of fused-ring (bicyclic) bond motifs is 1. The maximum absolute atomic E-state index is 6.18. The largest absolute Gasteiger partial charge is 0.327 e. The molecule has 88 valence electrons. The average Bonchev–Trinajstić information content (AvgIpc) is 2.75. The lowest BCUT2D eigenvalue weighted by molar-refractivity contribution is 0.614. The van der Waals surface area contributed by atoms with Gasteiger partial charge in [0.2, 0.25) is 0 Å². The molecule has 0 spiro atoms. The molecule has 1 fully saturated rings. The summed E-state index contributed by atoms with van der Waals surface area (Å²) in [6.45, 7) is 2.14. The second-order valence-corrected chi connectivity index (χ2v) is 5.31. The van der Waals surface area contributed by atoms with E-state index in [1.54, 1.807) is 0 Å². The van der Waals surface area contributed by atoms with Crippen LogP contribution in [0, 0.1) is 6.92 Å². The van der Waals surface area contributed by atoms with Gasteiger partial charge in [0.25, 0.3) is 0 Å². The van der Waals surface area contributed by atoms with Crippen molar-refractivity contribution in [1.82, 2.24) is 0 Å². The van der Waals surface area contributed by atoms with Crippen LogP contribution in [-0.4, -0.2) is 6.04 Å². The van der Waals surface area contributed by atoms with Crippen molar-refractivity contribution in [2.75, 3.05) is 0 Å². The van der Waals surface area contributed by atoms with Gasteiger partial charge in [-0.15, -0.1) is 0 Å². The number of aryl methyl sites for hydroxylation is 1. The van der Waals surface area contributed by atoms with E-state index < -0.39 is 0 Å².